The summed E-state index contributed by atoms with van der Waals surface area (Å²) in [6.45, 7) is 0. The number of aromatic nitrogens is 1. The summed E-state index contributed by atoms with van der Waals surface area (Å²) < 4.78 is 49.5. The molecule has 0 saturated carbocycles. The van der Waals surface area contributed by atoms with Crippen molar-refractivity contribution in [3.63, 3.8) is 0 Å². The Labute approximate surface area is 79.9 Å². The quantitative estimate of drug-likeness (QED) is 0.451. The van der Waals surface area contributed by atoms with Crippen molar-refractivity contribution in [2.75, 3.05) is 0 Å². The monoisotopic (exact) mass is 257 g/mol. The second-order valence-electron chi connectivity index (χ2n) is 2.24. The van der Waals surface area contributed by atoms with E-state index in [1.807, 2.05) is 0 Å². The van der Waals surface area contributed by atoms with E-state index in [0.29, 0.717) is 0 Å². The van der Waals surface area contributed by atoms with Crippen molar-refractivity contribution in [1.82, 2.24) is 4.98 Å². The van der Waals surface area contributed by atoms with Gasteiger partial charge in [-0.15, -0.1) is 0 Å². The van der Waals surface area contributed by atoms with Crippen LogP contribution in [0.2, 0.25) is 0 Å². The van der Waals surface area contributed by atoms with Crippen LogP contribution in [0.25, 0.3) is 0 Å². The summed E-state index contributed by atoms with van der Waals surface area (Å²) in [4.78, 5) is 2.67. The van der Waals surface area contributed by atoms with E-state index in [1.165, 1.54) is 0 Å². The van der Waals surface area contributed by atoms with Gasteiger partial charge in [0.15, 0.2) is 0 Å². The van der Waals surface area contributed by atoms with E-state index >= 15 is 0 Å². The van der Waals surface area contributed by atoms with Gasteiger partial charge in [-0.05, 0) is 11.6 Å². The number of hydrogen-bond acceptors (Lipinski definition) is 1. The molecular weight excluding hydrogens is 254 g/mol. The van der Waals surface area contributed by atoms with Gasteiger partial charge in [-0.3, -0.25) is 0 Å². The highest BCUT2D eigenvalue weighted by Crippen LogP contribution is 2.26. The van der Waals surface area contributed by atoms with Gasteiger partial charge in [-0.2, -0.15) is 13.8 Å². The zero-order valence-corrected chi connectivity index (χ0v) is 7.78. The van der Waals surface area contributed by atoms with Gasteiger partial charge in [0.1, 0.15) is 0 Å². The molecule has 0 aromatic carbocycles. The lowest BCUT2D eigenvalue weighted by molar-refractivity contribution is 0.143. The highest BCUT2D eigenvalue weighted by atomic mass is 79.9. The van der Waals surface area contributed by atoms with Crippen LogP contribution in [-0.2, 0) is 5.33 Å². The van der Waals surface area contributed by atoms with Gasteiger partial charge in [0.2, 0.25) is 11.9 Å². The molecule has 1 aromatic rings. The summed E-state index contributed by atoms with van der Waals surface area (Å²) >= 11 is 2.85. The van der Waals surface area contributed by atoms with Crippen molar-refractivity contribution in [2.45, 2.75) is 11.8 Å². The Morgan fingerprint density at radius 2 is 2.00 bits per heavy atom. The molecule has 0 aliphatic carbocycles. The molecule has 1 rings (SSSR count). The lowest BCUT2D eigenvalue weighted by Gasteiger charge is -2.06. The second-order valence-corrected chi connectivity index (χ2v) is 2.80. The molecule has 0 aliphatic rings. The SMILES string of the molecule is Fc1cc(CBr)c(C(F)F)c(F)n1. The minimum atomic E-state index is -2.99. The normalized spacial score (nSPS) is 10.9. The van der Waals surface area contributed by atoms with Crippen LogP contribution in [0, 0.1) is 11.9 Å². The summed E-state index contributed by atoms with van der Waals surface area (Å²) in [6, 6.07) is 0.777. The van der Waals surface area contributed by atoms with Crippen LogP contribution in [-0.4, -0.2) is 4.98 Å². The lowest BCUT2D eigenvalue weighted by Crippen LogP contribution is -2.02. The first-order chi connectivity index (χ1) is 6.06. The molecular formula is C7H4BrF4N. The minimum Gasteiger partial charge on any atom is -0.205 e. The summed E-state index contributed by atoms with van der Waals surface area (Å²) in [7, 11) is 0. The number of halogens is 5. The maximum Gasteiger partial charge on any atom is 0.268 e. The Morgan fingerprint density at radius 3 is 2.46 bits per heavy atom. The Balaban J connectivity index is 3.30. The molecule has 6 heteroatoms. The average molecular weight is 258 g/mol. The van der Waals surface area contributed by atoms with E-state index in [4.69, 9.17) is 0 Å². The predicted molar refractivity (Wildman–Crippen MR) is 41.7 cm³/mol. The van der Waals surface area contributed by atoms with Crippen molar-refractivity contribution < 1.29 is 17.6 Å². The number of hydrogen-bond donors (Lipinski definition) is 0. The van der Waals surface area contributed by atoms with Gasteiger partial charge in [0.25, 0.3) is 6.43 Å². The van der Waals surface area contributed by atoms with Gasteiger partial charge in [0, 0.05) is 5.33 Å². The fourth-order valence-electron chi connectivity index (χ4n) is 0.881. The fourth-order valence-corrected chi connectivity index (χ4v) is 1.34. The Morgan fingerprint density at radius 1 is 1.38 bits per heavy atom. The van der Waals surface area contributed by atoms with Gasteiger partial charge >= 0.3 is 0 Å². The maximum atomic E-state index is 12.7. The van der Waals surface area contributed by atoms with Crippen molar-refractivity contribution in [3.05, 3.63) is 29.1 Å². The molecule has 0 saturated heterocycles. The Bertz CT molecular complexity index is 316. The largest absolute Gasteiger partial charge is 0.268 e. The zero-order valence-electron chi connectivity index (χ0n) is 6.20. The first-order valence-electron chi connectivity index (χ1n) is 3.25. The molecule has 1 aromatic heterocycles. The molecule has 1 heterocycles. The molecule has 0 unspecified atom stereocenters. The number of rotatable bonds is 2. The third-order valence-corrected chi connectivity index (χ3v) is 2.03. The van der Waals surface area contributed by atoms with Crippen molar-refractivity contribution in [3.8, 4) is 0 Å². The van der Waals surface area contributed by atoms with Crippen LogP contribution in [0.4, 0.5) is 17.6 Å². The Kier molecular flexibility index (Phi) is 3.24. The molecule has 0 fully saturated rings. The topological polar surface area (TPSA) is 12.9 Å². The van der Waals surface area contributed by atoms with Crippen molar-refractivity contribution in [2.24, 2.45) is 0 Å². The summed E-state index contributed by atoms with van der Waals surface area (Å²) in [6.07, 6.45) is -2.99. The van der Waals surface area contributed by atoms with Crippen LogP contribution in [0.3, 0.4) is 0 Å². The summed E-state index contributed by atoms with van der Waals surface area (Å²) in [5.41, 5.74) is -0.974. The van der Waals surface area contributed by atoms with Crippen molar-refractivity contribution >= 4 is 15.9 Å². The molecule has 0 aliphatic heterocycles. The molecule has 0 radical (unpaired) electrons. The average Bonchev–Trinajstić information content (AvgIpc) is 2.01. The standard InChI is InChI=1S/C7H4BrF4N/c8-2-3-1-4(9)13-7(12)5(3)6(10)11/h1,6H,2H2. The molecule has 72 valence electrons. The Hall–Kier alpha value is -0.650. The first-order valence-corrected chi connectivity index (χ1v) is 4.37. The second kappa shape index (κ2) is 4.04. The fraction of sp³-hybridized carbons (Fsp3) is 0.286. The van der Waals surface area contributed by atoms with Crippen LogP contribution in [0.5, 0.6) is 0 Å². The van der Waals surface area contributed by atoms with Gasteiger partial charge < -0.3 is 0 Å². The molecule has 0 N–H and O–H groups in total. The van der Waals surface area contributed by atoms with E-state index in [9.17, 15) is 17.6 Å². The van der Waals surface area contributed by atoms with Crippen LogP contribution in [0.1, 0.15) is 17.6 Å². The minimum absolute atomic E-state index is 0.0387. The molecule has 0 amide bonds. The summed E-state index contributed by atoms with van der Waals surface area (Å²) in [5.74, 6) is -2.55. The van der Waals surface area contributed by atoms with Crippen LogP contribution < -0.4 is 0 Å². The number of alkyl halides is 3. The predicted octanol–water partition coefficient (Wildman–Crippen LogP) is 3.19. The third kappa shape index (κ3) is 2.18. The molecule has 0 spiro atoms. The van der Waals surface area contributed by atoms with E-state index in [-0.39, 0.29) is 10.9 Å². The highest BCUT2D eigenvalue weighted by molar-refractivity contribution is 9.08. The van der Waals surface area contributed by atoms with Crippen LogP contribution in [0.15, 0.2) is 6.07 Å². The van der Waals surface area contributed by atoms with Gasteiger partial charge in [-0.25, -0.2) is 8.78 Å². The lowest BCUT2D eigenvalue weighted by atomic mass is 10.1. The smallest absolute Gasteiger partial charge is 0.205 e. The van der Waals surface area contributed by atoms with Gasteiger partial charge in [0.05, 0.1) is 5.56 Å². The zero-order chi connectivity index (χ0) is 10.0. The van der Waals surface area contributed by atoms with E-state index in [0.717, 1.165) is 6.07 Å². The number of nitrogens with zero attached hydrogens (tertiary/aromatic N) is 1. The molecule has 1 nitrogen and oxygen atoms in total. The van der Waals surface area contributed by atoms with Crippen molar-refractivity contribution in [1.29, 1.82) is 0 Å². The van der Waals surface area contributed by atoms with Crippen LogP contribution >= 0.6 is 15.9 Å². The molecule has 0 bridgehead atoms. The number of pyridine rings is 1. The first kappa shape index (κ1) is 10.4. The van der Waals surface area contributed by atoms with E-state index in [2.05, 4.69) is 20.9 Å². The molecule has 13 heavy (non-hydrogen) atoms. The summed E-state index contributed by atoms with van der Waals surface area (Å²) in [5, 5.41) is -0.0387. The third-order valence-electron chi connectivity index (χ3n) is 1.43. The van der Waals surface area contributed by atoms with Gasteiger partial charge in [-0.1, -0.05) is 15.9 Å². The maximum absolute atomic E-state index is 12.7. The van der Waals surface area contributed by atoms with E-state index in [1.54, 1.807) is 0 Å². The highest BCUT2D eigenvalue weighted by Gasteiger charge is 2.20. The molecule has 0 atom stereocenters. The van der Waals surface area contributed by atoms with E-state index < -0.39 is 23.9 Å².